The zero-order valence-corrected chi connectivity index (χ0v) is 14.8. The van der Waals surface area contributed by atoms with Crippen LogP contribution in [0.15, 0.2) is 18.2 Å². The largest absolute Gasteiger partial charge is 0.397 e. The first-order chi connectivity index (χ1) is 11.8. The van der Waals surface area contributed by atoms with E-state index in [4.69, 9.17) is 10.8 Å². The van der Waals surface area contributed by atoms with Crippen molar-refractivity contribution in [3.63, 3.8) is 0 Å². The van der Waals surface area contributed by atoms with Crippen molar-refractivity contribution in [2.24, 2.45) is 0 Å². The monoisotopic (exact) mass is 332 g/mol. The molecule has 0 aromatic heterocycles. The molecule has 1 aromatic rings. The molecule has 2 heterocycles. The van der Waals surface area contributed by atoms with Gasteiger partial charge in [0.05, 0.1) is 18.0 Å². The fourth-order valence-electron chi connectivity index (χ4n) is 3.89. The number of anilines is 2. The normalized spacial score (nSPS) is 20.0. The van der Waals surface area contributed by atoms with Crippen molar-refractivity contribution in [2.75, 3.05) is 69.6 Å². The third-order valence-corrected chi connectivity index (χ3v) is 5.36. The van der Waals surface area contributed by atoms with Crippen LogP contribution in [0, 0.1) is 0 Å². The predicted octanol–water partition coefficient (Wildman–Crippen LogP) is 1.41. The van der Waals surface area contributed by atoms with Crippen LogP contribution in [-0.2, 0) is 6.42 Å². The Morgan fingerprint density at radius 3 is 2.21 bits per heavy atom. The summed E-state index contributed by atoms with van der Waals surface area (Å²) in [5.74, 6) is 0. The van der Waals surface area contributed by atoms with Crippen LogP contribution in [0.2, 0.25) is 0 Å². The minimum Gasteiger partial charge on any atom is -0.397 e. The molecule has 0 amide bonds. The molecule has 3 rings (SSSR count). The first-order valence-electron chi connectivity index (χ1n) is 9.45. The van der Waals surface area contributed by atoms with Crippen molar-refractivity contribution in [1.82, 2.24) is 9.80 Å². The molecule has 0 aliphatic carbocycles. The summed E-state index contributed by atoms with van der Waals surface area (Å²) in [5.41, 5.74) is 9.79. The van der Waals surface area contributed by atoms with E-state index in [1.165, 1.54) is 30.5 Å². The van der Waals surface area contributed by atoms with Crippen molar-refractivity contribution in [3.8, 4) is 0 Å². The Kier molecular flexibility index (Phi) is 6.35. The lowest BCUT2D eigenvalue weighted by Crippen LogP contribution is -2.47. The van der Waals surface area contributed by atoms with Crippen molar-refractivity contribution < 1.29 is 5.11 Å². The minimum absolute atomic E-state index is 0.273. The Hall–Kier alpha value is -1.30. The van der Waals surface area contributed by atoms with E-state index in [1.54, 1.807) is 0 Å². The van der Waals surface area contributed by atoms with E-state index in [9.17, 15) is 0 Å². The Bertz CT molecular complexity index is 508. The molecule has 3 N–H and O–H groups in total. The number of piperazine rings is 1. The number of aryl methyl sites for hydroxylation is 1. The number of aliphatic hydroxyl groups is 1. The van der Waals surface area contributed by atoms with Gasteiger partial charge >= 0.3 is 0 Å². The van der Waals surface area contributed by atoms with E-state index >= 15 is 0 Å². The lowest BCUT2D eigenvalue weighted by atomic mass is 10.1. The molecule has 0 saturated carbocycles. The summed E-state index contributed by atoms with van der Waals surface area (Å²) in [7, 11) is 0. The molecule has 1 aromatic carbocycles. The molecular formula is C19H32N4O. The molecular weight excluding hydrogens is 300 g/mol. The summed E-state index contributed by atoms with van der Waals surface area (Å²) in [4.78, 5) is 7.29. The van der Waals surface area contributed by atoms with Gasteiger partial charge in [0, 0.05) is 45.8 Å². The van der Waals surface area contributed by atoms with Crippen molar-refractivity contribution >= 4 is 11.4 Å². The number of nitrogen functional groups attached to an aromatic ring is 1. The lowest BCUT2D eigenvalue weighted by Gasteiger charge is -2.34. The highest BCUT2D eigenvalue weighted by Gasteiger charge is 2.16. The van der Waals surface area contributed by atoms with Gasteiger partial charge in [0.25, 0.3) is 0 Å². The van der Waals surface area contributed by atoms with Gasteiger partial charge in [-0.25, -0.2) is 0 Å². The average Bonchev–Trinajstić information content (AvgIpc) is 3.11. The van der Waals surface area contributed by atoms with Gasteiger partial charge < -0.3 is 20.6 Å². The maximum Gasteiger partial charge on any atom is 0.0600 e. The van der Waals surface area contributed by atoms with E-state index < -0.39 is 0 Å². The van der Waals surface area contributed by atoms with Crippen LogP contribution in [0.5, 0.6) is 0 Å². The van der Waals surface area contributed by atoms with E-state index in [1.807, 2.05) is 0 Å². The van der Waals surface area contributed by atoms with Gasteiger partial charge in [-0.05, 0) is 49.9 Å². The van der Waals surface area contributed by atoms with Gasteiger partial charge in [0.2, 0.25) is 0 Å². The second-order valence-corrected chi connectivity index (χ2v) is 7.10. The van der Waals surface area contributed by atoms with Crippen LogP contribution in [0.1, 0.15) is 24.8 Å². The maximum atomic E-state index is 8.99. The molecule has 24 heavy (non-hydrogen) atoms. The summed E-state index contributed by atoms with van der Waals surface area (Å²) >= 11 is 0. The number of nitrogens with two attached hydrogens (primary N) is 1. The van der Waals surface area contributed by atoms with Crippen molar-refractivity contribution in [2.45, 2.75) is 25.7 Å². The predicted molar refractivity (Wildman–Crippen MR) is 101 cm³/mol. The number of hydrogen-bond donors (Lipinski definition) is 2. The van der Waals surface area contributed by atoms with Crippen LogP contribution < -0.4 is 10.6 Å². The Balaban J connectivity index is 1.41. The number of rotatable bonds is 7. The van der Waals surface area contributed by atoms with Gasteiger partial charge in [-0.15, -0.1) is 0 Å². The number of aliphatic hydroxyl groups excluding tert-OH is 1. The van der Waals surface area contributed by atoms with E-state index in [0.717, 1.165) is 64.5 Å². The number of β-amino-alcohol motifs (C(OH)–C–C–N with tert-alkyl or cyclic N) is 1. The highest BCUT2D eigenvalue weighted by atomic mass is 16.3. The van der Waals surface area contributed by atoms with Gasteiger partial charge in [0.1, 0.15) is 0 Å². The highest BCUT2D eigenvalue weighted by molar-refractivity contribution is 5.68. The SMILES string of the molecule is Nc1cc(CCCN2CCN(CCO)CC2)ccc1N1CCCC1. The molecule has 0 unspecified atom stereocenters. The Morgan fingerprint density at radius 1 is 0.917 bits per heavy atom. The van der Waals surface area contributed by atoms with Crippen LogP contribution >= 0.6 is 0 Å². The molecule has 0 atom stereocenters. The summed E-state index contributed by atoms with van der Waals surface area (Å²) in [6, 6.07) is 6.64. The summed E-state index contributed by atoms with van der Waals surface area (Å²) in [5, 5.41) is 8.99. The fourth-order valence-corrected chi connectivity index (χ4v) is 3.89. The molecule has 134 valence electrons. The van der Waals surface area contributed by atoms with Crippen LogP contribution in [0.25, 0.3) is 0 Å². The smallest absolute Gasteiger partial charge is 0.0600 e. The number of hydrogen-bond acceptors (Lipinski definition) is 5. The molecule has 5 nitrogen and oxygen atoms in total. The maximum absolute atomic E-state index is 8.99. The minimum atomic E-state index is 0.273. The third kappa shape index (κ3) is 4.62. The van der Waals surface area contributed by atoms with Crippen molar-refractivity contribution in [3.05, 3.63) is 23.8 Å². The first kappa shape index (κ1) is 17.5. The summed E-state index contributed by atoms with van der Waals surface area (Å²) in [6.45, 7) is 8.94. The molecule has 2 aliphatic rings. The Labute approximate surface area is 146 Å². The zero-order valence-electron chi connectivity index (χ0n) is 14.8. The third-order valence-electron chi connectivity index (χ3n) is 5.36. The molecule has 2 aliphatic heterocycles. The summed E-state index contributed by atoms with van der Waals surface area (Å²) in [6.07, 6.45) is 4.85. The van der Waals surface area contributed by atoms with Crippen LogP contribution in [-0.4, -0.2) is 73.9 Å². The fraction of sp³-hybridized carbons (Fsp3) is 0.684. The van der Waals surface area contributed by atoms with E-state index in [0.29, 0.717) is 0 Å². The van der Waals surface area contributed by atoms with Gasteiger partial charge in [-0.2, -0.15) is 0 Å². The van der Waals surface area contributed by atoms with Crippen molar-refractivity contribution in [1.29, 1.82) is 0 Å². The standard InChI is InChI=1S/C19H32N4O/c20-18-16-17(5-6-19(18)23-8-1-2-9-23)4-3-7-21-10-12-22(13-11-21)14-15-24/h5-6,16,24H,1-4,7-15,20H2. The molecule has 0 radical (unpaired) electrons. The van der Waals surface area contributed by atoms with Gasteiger partial charge in [0.15, 0.2) is 0 Å². The first-order valence-corrected chi connectivity index (χ1v) is 9.45. The topological polar surface area (TPSA) is 56.0 Å². The lowest BCUT2D eigenvalue weighted by molar-refractivity contribution is 0.112. The number of benzene rings is 1. The quantitative estimate of drug-likeness (QED) is 0.740. The second kappa shape index (κ2) is 8.70. The van der Waals surface area contributed by atoms with Crippen LogP contribution in [0.4, 0.5) is 11.4 Å². The summed E-state index contributed by atoms with van der Waals surface area (Å²) < 4.78 is 0. The molecule has 0 bridgehead atoms. The highest BCUT2D eigenvalue weighted by Crippen LogP contribution is 2.27. The zero-order chi connectivity index (χ0) is 16.8. The van der Waals surface area contributed by atoms with Gasteiger partial charge in [-0.1, -0.05) is 6.07 Å². The number of nitrogens with zero attached hydrogens (tertiary/aromatic N) is 3. The average molecular weight is 332 g/mol. The molecule has 5 heteroatoms. The van der Waals surface area contributed by atoms with Gasteiger partial charge in [-0.3, -0.25) is 4.90 Å². The second-order valence-electron chi connectivity index (χ2n) is 7.10. The molecule has 2 fully saturated rings. The van der Waals surface area contributed by atoms with Crippen LogP contribution in [0.3, 0.4) is 0 Å². The molecule has 2 saturated heterocycles. The van der Waals surface area contributed by atoms with E-state index in [2.05, 4.69) is 32.9 Å². The molecule has 0 spiro atoms. The van der Waals surface area contributed by atoms with E-state index in [-0.39, 0.29) is 6.61 Å². The Morgan fingerprint density at radius 2 is 1.58 bits per heavy atom.